The van der Waals surface area contributed by atoms with Gasteiger partial charge in [-0.2, -0.15) is 0 Å². The molecule has 0 aliphatic rings. The van der Waals surface area contributed by atoms with E-state index < -0.39 is 13.3 Å². The van der Waals surface area contributed by atoms with Crippen LogP contribution in [0.4, 0.5) is 4.39 Å². The predicted octanol–water partition coefficient (Wildman–Crippen LogP) is 11.3. The van der Waals surface area contributed by atoms with E-state index in [1.165, 1.54) is 22.1 Å². The van der Waals surface area contributed by atoms with Crippen LogP contribution in [0.1, 0.15) is 5.56 Å². The van der Waals surface area contributed by atoms with Gasteiger partial charge >= 0.3 is 106 Å². The van der Waals surface area contributed by atoms with E-state index >= 15 is 0 Å². The number of aryl methyl sites for hydroxylation is 1. The molecule has 0 saturated carbocycles. The van der Waals surface area contributed by atoms with Gasteiger partial charge in [-0.25, -0.2) is 4.39 Å². The van der Waals surface area contributed by atoms with Gasteiger partial charge in [0.15, 0.2) is 0 Å². The molecule has 3 heterocycles. The Balaban J connectivity index is 0.000000204. The fourth-order valence-corrected chi connectivity index (χ4v) is 9.70. The maximum absolute atomic E-state index is 13.3. The van der Waals surface area contributed by atoms with Crippen LogP contribution in [0.2, 0.25) is 17.3 Å². The molecule has 3 aromatic heterocycles. The fraction of sp³-hybridized carbons (Fsp3) is 0.0909. The van der Waals surface area contributed by atoms with Crippen LogP contribution in [0.15, 0.2) is 144 Å². The molecule has 0 amide bonds. The number of benzene rings is 5. The van der Waals surface area contributed by atoms with Gasteiger partial charge in [-0.05, 0) is 52.2 Å². The van der Waals surface area contributed by atoms with Gasteiger partial charge in [0, 0.05) is 31.7 Å². The summed E-state index contributed by atoms with van der Waals surface area (Å²) in [6, 6.07) is 47.6. The molecule has 249 valence electrons. The van der Waals surface area contributed by atoms with Gasteiger partial charge < -0.3 is 9.40 Å². The maximum atomic E-state index is 13.3. The Hall–Kier alpha value is -4.68. The van der Waals surface area contributed by atoms with Crippen molar-refractivity contribution in [2.45, 2.75) is 24.2 Å². The van der Waals surface area contributed by atoms with Crippen molar-refractivity contribution in [3.05, 3.63) is 163 Å². The molecule has 0 spiro atoms. The van der Waals surface area contributed by atoms with Crippen LogP contribution >= 0.6 is 0 Å². The number of pyridine rings is 2. The van der Waals surface area contributed by atoms with E-state index in [-0.39, 0.29) is 25.9 Å². The van der Waals surface area contributed by atoms with Crippen LogP contribution in [0.3, 0.4) is 0 Å². The monoisotopic (exact) mass is 893 g/mol. The molecule has 3 nitrogen and oxygen atoms in total. The van der Waals surface area contributed by atoms with E-state index in [1.807, 2.05) is 66.9 Å². The molecular weight excluding hydrogens is 856 g/mol. The number of furan rings is 1. The number of fused-ring (bicyclic) bond motifs is 3. The zero-order chi connectivity index (χ0) is 34.0. The average molecular weight is 892 g/mol. The maximum Gasteiger partial charge on any atom is 0.123 e. The van der Waals surface area contributed by atoms with Gasteiger partial charge in [-0.15, -0.1) is 23.8 Å². The summed E-state index contributed by atoms with van der Waals surface area (Å²) in [5.41, 5.74) is 11.0. The Morgan fingerprint density at radius 2 is 1.32 bits per heavy atom. The second-order valence-electron chi connectivity index (χ2n) is 13.2. The summed E-state index contributed by atoms with van der Waals surface area (Å²) in [5, 5.41) is 2.05. The molecule has 6 heteroatoms. The first kappa shape index (κ1) is 35.2. The second-order valence-corrected chi connectivity index (χ2v) is 23.7. The molecule has 50 heavy (non-hydrogen) atoms. The van der Waals surface area contributed by atoms with Gasteiger partial charge in [-0.3, -0.25) is 0 Å². The molecule has 0 fully saturated rings. The third-order valence-electron chi connectivity index (χ3n) is 8.63. The van der Waals surface area contributed by atoms with E-state index in [0.717, 1.165) is 66.7 Å². The fourth-order valence-electron chi connectivity index (χ4n) is 6.12. The zero-order valence-electron chi connectivity index (χ0n) is 28.3. The van der Waals surface area contributed by atoms with Crippen LogP contribution in [-0.2, 0) is 20.1 Å². The van der Waals surface area contributed by atoms with Crippen molar-refractivity contribution < 1.29 is 28.9 Å². The van der Waals surface area contributed by atoms with Gasteiger partial charge in [0.2, 0.25) is 0 Å². The number of hydrogen-bond donors (Lipinski definition) is 0. The first-order valence-electron chi connectivity index (χ1n) is 16.3. The third-order valence-corrected chi connectivity index (χ3v) is 13.1. The molecule has 0 aliphatic carbocycles. The standard InChI is InChI=1S/C29H17FNO.C15H18GeN.Ir/c30-24-10-6-20(7-11-24)21-8-12-25-26-16-23(9-13-28(26)32-29(25)18-21)27-17-22(14-15-31-27)19-4-2-1-3-5-19;1-12-10-15(13-8-6-5-7-9-13)17-11-14(12)16(2,3)4;/h1-8,10-18H;5-8,10-11H,1-4H3;/q2*-1;. The largest absolute Gasteiger partial charge is 0.500 e. The van der Waals surface area contributed by atoms with E-state index in [0.29, 0.717) is 0 Å². The second kappa shape index (κ2) is 15.1. The molecule has 0 N–H and O–H groups in total. The van der Waals surface area contributed by atoms with E-state index in [4.69, 9.17) is 4.42 Å². The van der Waals surface area contributed by atoms with Crippen molar-refractivity contribution in [1.29, 1.82) is 0 Å². The van der Waals surface area contributed by atoms with Gasteiger partial charge in [0.25, 0.3) is 0 Å². The van der Waals surface area contributed by atoms with Crippen molar-refractivity contribution in [2.24, 2.45) is 0 Å². The molecule has 1 radical (unpaired) electrons. The molecule has 0 saturated heterocycles. The van der Waals surface area contributed by atoms with Crippen molar-refractivity contribution in [3.8, 4) is 44.8 Å². The summed E-state index contributed by atoms with van der Waals surface area (Å²) in [5.74, 6) is 6.96. The van der Waals surface area contributed by atoms with Crippen LogP contribution in [0.25, 0.3) is 66.7 Å². The number of halogens is 1. The van der Waals surface area contributed by atoms with Crippen LogP contribution < -0.4 is 4.40 Å². The Bertz CT molecular complexity index is 2390. The summed E-state index contributed by atoms with van der Waals surface area (Å²) in [6.45, 7) is 2.19. The van der Waals surface area contributed by atoms with Crippen molar-refractivity contribution in [3.63, 3.8) is 0 Å². The van der Waals surface area contributed by atoms with Crippen LogP contribution in [0, 0.1) is 24.9 Å². The summed E-state index contributed by atoms with van der Waals surface area (Å²) in [6.07, 6.45) is 3.91. The molecule has 0 bridgehead atoms. The van der Waals surface area contributed by atoms with Crippen molar-refractivity contribution in [2.75, 3.05) is 0 Å². The first-order chi connectivity index (χ1) is 23.7. The Morgan fingerprint density at radius 3 is 2.04 bits per heavy atom. The van der Waals surface area contributed by atoms with Crippen molar-refractivity contribution in [1.82, 2.24) is 9.97 Å². The zero-order valence-corrected chi connectivity index (χ0v) is 32.8. The minimum atomic E-state index is -1.77. The normalized spacial score (nSPS) is 11.1. The van der Waals surface area contributed by atoms with Gasteiger partial charge in [0.1, 0.15) is 11.4 Å². The van der Waals surface area contributed by atoms with Crippen molar-refractivity contribution >= 4 is 39.6 Å². The molecule has 5 aromatic carbocycles. The Labute approximate surface area is 309 Å². The molecular formula is C44H35FGeIrN2O-2. The summed E-state index contributed by atoms with van der Waals surface area (Å²) >= 11 is -1.77. The number of nitrogens with zero attached hydrogens (tertiary/aromatic N) is 2. The summed E-state index contributed by atoms with van der Waals surface area (Å²) in [7, 11) is 0. The summed E-state index contributed by atoms with van der Waals surface area (Å²) < 4.78 is 20.9. The molecule has 8 aromatic rings. The molecule has 0 unspecified atom stereocenters. The van der Waals surface area contributed by atoms with Gasteiger partial charge in [-0.1, -0.05) is 66.0 Å². The summed E-state index contributed by atoms with van der Waals surface area (Å²) in [4.78, 5) is 9.17. The minimum Gasteiger partial charge on any atom is -0.500 e. The number of aromatic nitrogens is 2. The SMILES string of the molecule is Cc1cc(-c2[c-]cccc2)nc[c]1[Ge]([CH3])([CH3])[CH3].Fc1ccc(-c2ccc3c(c2)oc2c[c-]c(-c4cc(-c5ccccc5)ccn4)cc23)cc1.[Ir]. The molecule has 0 aliphatic heterocycles. The minimum absolute atomic E-state index is 0. The third kappa shape index (κ3) is 7.71. The average Bonchev–Trinajstić information content (AvgIpc) is 3.50. The number of rotatable bonds is 5. The molecule has 0 atom stereocenters. The predicted molar refractivity (Wildman–Crippen MR) is 203 cm³/mol. The van der Waals surface area contributed by atoms with Crippen LogP contribution in [0.5, 0.6) is 0 Å². The molecule has 8 rings (SSSR count). The number of hydrogen-bond acceptors (Lipinski definition) is 3. The van der Waals surface area contributed by atoms with Crippen LogP contribution in [-0.4, -0.2) is 23.2 Å². The van der Waals surface area contributed by atoms with E-state index in [1.54, 1.807) is 12.1 Å². The smallest absolute Gasteiger partial charge is 0.123 e. The van der Waals surface area contributed by atoms with Gasteiger partial charge in [0.05, 0.1) is 5.58 Å². The topological polar surface area (TPSA) is 38.9 Å². The first-order valence-corrected chi connectivity index (χ1v) is 23.7. The Kier molecular flexibility index (Phi) is 10.6. The van der Waals surface area contributed by atoms with E-state index in [2.05, 4.69) is 95.0 Å². The quantitative estimate of drug-likeness (QED) is 0.128. The Morgan fingerprint density at radius 1 is 0.620 bits per heavy atom. The van der Waals surface area contributed by atoms with E-state index in [9.17, 15) is 4.39 Å².